The van der Waals surface area contributed by atoms with Crippen LogP contribution in [0.4, 0.5) is 17.6 Å². The molecule has 1 rings (SSSR count). The van der Waals surface area contributed by atoms with Crippen LogP contribution in [0.1, 0.15) is 17.5 Å². The molecule has 1 aromatic carbocycles. The number of hydrogen-bond donors (Lipinski definition) is 2. The largest absolute Gasteiger partial charge is 0.469 e. The lowest BCUT2D eigenvalue weighted by molar-refractivity contribution is -0.140. The predicted octanol–water partition coefficient (Wildman–Crippen LogP) is 2.07. The molecule has 0 aromatic heterocycles. The van der Waals surface area contributed by atoms with Crippen LogP contribution in [0.15, 0.2) is 23.2 Å². The van der Waals surface area contributed by atoms with Crippen molar-refractivity contribution in [2.24, 2.45) is 4.99 Å². The maximum Gasteiger partial charge on any atom is 0.416 e. The number of carbonyl (C=O) groups is 1. The minimum Gasteiger partial charge on any atom is -0.469 e. The van der Waals surface area contributed by atoms with E-state index in [1.165, 1.54) is 14.2 Å². The van der Waals surface area contributed by atoms with E-state index >= 15 is 0 Å². The summed E-state index contributed by atoms with van der Waals surface area (Å²) < 4.78 is 56.1. The minimum atomic E-state index is -4.65. The molecule has 0 saturated heterocycles. The fraction of sp³-hybridized carbons (Fsp3) is 0.429. The number of hydrogen-bond acceptors (Lipinski definition) is 3. The summed E-state index contributed by atoms with van der Waals surface area (Å²) >= 11 is 0. The van der Waals surface area contributed by atoms with Gasteiger partial charge in [0.05, 0.1) is 19.1 Å². The molecule has 0 heterocycles. The van der Waals surface area contributed by atoms with Crippen molar-refractivity contribution in [2.75, 3.05) is 20.7 Å². The van der Waals surface area contributed by atoms with Gasteiger partial charge in [-0.05, 0) is 17.7 Å². The molecule has 0 amide bonds. The maximum absolute atomic E-state index is 13.0. The van der Waals surface area contributed by atoms with E-state index in [1.807, 2.05) is 0 Å². The van der Waals surface area contributed by atoms with Crippen LogP contribution in [0.25, 0.3) is 0 Å². The monoisotopic (exact) mass is 335 g/mol. The first-order chi connectivity index (χ1) is 10.8. The Kier molecular flexibility index (Phi) is 6.80. The molecule has 23 heavy (non-hydrogen) atoms. The number of nitrogens with one attached hydrogen (secondary N) is 2. The first-order valence-electron chi connectivity index (χ1n) is 6.65. The molecule has 2 N–H and O–H groups in total. The van der Waals surface area contributed by atoms with Crippen molar-refractivity contribution in [3.05, 3.63) is 35.1 Å². The van der Waals surface area contributed by atoms with Crippen LogP contribution >= 0.6 is 0 Å². The number of nitrogens with zero attached hydrogens (tertiary/aromatic N) is 1. The molecule has 0 unspecified atom stereocenters. The van der Waals surface area contributed by atoms with E-state index in [0.717, 1.165) is 12.1 Å². The molecule has 0 spiro atoms. The third kappa shape index (κ3) is 6.13. The zero-order chi connectivity index (χ0) is 17.5. The van der Waals surface area contributed by atoms with Gasteiger partial charge in [0.15, 0.2) is 5.96 Å². The van der Waals surface area contributed by atoms with Crippen LogP contribution in [0.3, 0.4) is 0 Å². The minimum absolute atomic E-state index is 0.0849. The van der Waals surface area contributed by atoms with Gasteiger partial charge in [-0.2, -0.15) is 13.2 Å². The Labute approximate surface area is 130 Å². The summed E-state index contributed by atoms with van der Waals surface area (Å²) in [5.74, 6) is -1.17. The molecule has 0 radical (unpaired) electrons. The Morgan fingerprint density at radius 3 is 2.57 bits per heavy atom. The zero-order valence-corrected chi connectivity index (χ0v) is 12.6. The number of benzene rings is 1. The van der Waals surface area contributed by atoms with Crippen LogP contribution in [-0.2, 0) is 22.3 Å². The van der Waals surface area contributed by atoms with Crippen LogP contribution in [0, 0.1) is 5.82 Å². The van der Waals surface area contributed by atoms with Crippen LogP contribution in [-0.4, -0.2) is 32.6 Å². The van der Waals surface area contributed by atoms with Gasteiger partial charge in [-0.3, -0.25) is 9.79 Å². The molecule has 0 atom stereocenters. The average Bonchev–Trinajstić information content (AvgIpc) is 2.50. The Morgan fingerprint density at radius 1 is 1.30 bits per heavy atom. The van der Waals surface area contributed by atoms with E-state index in [1.54, 1.807) is 0 Å². The van der Waals surface area contributed by atoms with Gasteiger partial charge >= 0.3 is 12.1 Å². The number of methoxy groups -OCH3 is 1. The number of halogens is 4. The highest BCUT2D eigenvalue weighted by Crippen LogP contribution is 2.32. The van der Waals surface area contributed by atoms with Gasteiger partial charge < -0.3 is 15.4 Å². The summed E-state index contributed by atoms with van der Waals surface area (Å²) in [5, 5.41) is 5.43. The molecule has 128 valence electrons. The van der Waals surface area contributed by atoms with Gasteiger partial charge in [-0.15, -0.1) is 0 Å². The Morgan fingerprint density at radius 2 is 2.00 bits per heavy atom. The van der Waals surface area contributed by atoms with Crippen molar-refractivity contribution >= 4 is 11.9 Å². The standard InChI is InChI=1S/C14H17F4N3O2/c1-19-13(20-6-5-12(22)23-2)21-8-9-3-4-10(15)7-11(9)14(16,17)18/h3-4,7H,5-6,8H2,1-2H3,(H2,19,20,21). The van der Waals surface area contributed by atoms with Crippen molar-refractivity contribution in [3.63, 3.8) is 0 Å². The molecule has 0 fully saturated rings. The Balaban J connectivity index is 2.68. The van der Waals surface area contributed by atoms with Gasteiger partial charge in [0.1, 0.15) is 5.82 Å². The van der Waals surface area contributed by atoms with Crippen molar-refractivity contribution in [2.45, 2.75) is 19.1 Å². The van der Waals surface area contributed by atoms with E-state index in [2.05, 4.69) is 20.4 Å². The molecular formula is C14H17F4N3O2. The fourth-order valence-electron chi connectivity index (χ4n) is 1.75. The predicted molar refractivity (Wildman–Crippen MR) is 76.2 cm³/mol. The van der Waals surface area contributed by atoms with Crippen LogP contribution in [0.2, 0.25) is 0 Å². The third-order valence-electron chi connectivity index (χ3n) is 2.90. The highest BCUT2D eigenvalue weighted by Gasteiger charge is 2.33. The zero-order valence-electron chi connectivity index (χ0n) is 12.6. The number of esters is 1. The van der Waals surface area contributed by atoms with Crippen molar-refractivity contribution in [1.82, 2.24) is 10.6 Å². The number of alkyl halides is 3. The lowest BCUT2D eigenvalue weighted by atomic mass is 10.1. The summed E-state index contributed by atoms with van der Waals surface area (Å²) in [6.07, 6.45) is -4.57. The van der Waals surface area contributed by atoms with E-state index in [0.29, 0.717) is 6.07 Å². The van der Waals surface area contributed by atoms with Gasteiger partial charge in [0.2, 0.25) is 0 Å². The van der Waals surface area contributed by atoms with Crippen molar-refractivity contribution in [3.8, 4) is 0 Å². The van der Waals surface area contributed by atoms with Crippen LogP contribution < -0.4 is 10.6 Å². The average molecular weight is 335 g/mol. The molecule has 1 aromatic rings. The highest BCUT2D eigenvalue weighted by atomic mass is 19.4. The van der Waals surface area contributed by atoms with E-state index in [4.69, 9.17) is 0 Å². The summed E-state index contributed by atoms with van der Waals surface area (Å²) in [4.78, 5) is 14.8. The van der Waals surface area contributed by atoms with E-state index < -0.39 is 23.5 Å². The second-order valence-electron chi connectivity index (χ2n) is 4.48. The van der Waals surface area contributed by atoms with Crippen molar-refractivity contribution in [1.29, 1.82) is 0 Å². The van der Waals surface area contributed by atoms with Gasteiger partial charge in [-0.25, -0.2) is 4.39 Å². The number of ether oxygens (including phenoxy) is 1. The quantitative estimate of drug-likeness (QED) is 0.374. The smallest absolute Gasteiger partial charge is 0.416 e. The molecule has 0 aliphatic heterocycles. The number of rotatable bonds is 5. The van der Waals surface area contributed by atoms with E-state index in [9.17, 15) is 22.4 Å². The first kappa shape index (κ1) is 18.7. The Hall–Kier alpha value is -2.32. The summed E-state index contributed by atoms with van der Waals surface area (Å²) in [7, 11) is 2.69. The molecule has 0 bridgehead atoms. The summed E-state index contributed by atoms with van der Waals surface area (Å²) in [6, 6.07) is 2.47. The SMILES string of the molecule is CN=C(NCCC(=O)OC)NCc1ccc(F)cc1C(F)(F)F. The van der Waals surface area contributed by atoms with Gasteiger partial charge in [0, 0.05) is 20.1 Å². The third-order valence-corrected chi connectivity index (χ3v) is 2.90. The Bertz CT molecular complexity index is 574. The molecule has 9 heteroatoms. The summed E-state index contributed by atoms with van der Waals surface area (Å²) in [5.41, 5.74) is -1.16. The topological polar surface area (TPSA) is 62.7 Å². The molecule has 5 nitrogen and oxygen atoms in total. The molecule has 0 saturated carbocycles. The molecular weight excluding hydrogens is 318 g/mol. The number of carbonyl (C=O) groups excluding carboxylic acids is 1. The van der Waals surface area contributed by atoms with E-state index in [-0.39, 0.29) is 31.0 Å². The van der Waals surface area contributed by atoms with Gasteiger partial charge in [-0.1, -0.05) is 6.07 Å². The molecule has 0 aliphatic carbocycles. The highest BCUT2D eigenvalue weighted by molar-refractivity contribution is 5.80. The lowest BCUT2D eigenvalue weighted by Gasteiger charge is -2.15. The maximum atomic E-state index is 13.0. The van der Waals surface area contributed by atoms with Crippen molar-refractivity contribution < 1.29 is 27.1 Å². The lowest BCUT2D eigenvalue weighted by Crippen LogP contribution is -2.38. The molecule has 0 aliphatic rings. The normalized spacial score (nSPS) is 12.0. The second-order valence-corrected chi connectivity index (χ2v) is 4.48. The number of aliphatic imine (C=N–C) groups is 1. The summed E-state index contributed by atoms with van der Waals surface area (Å²) in [6.45, 7) is 0.00884. The fourth-order valence-corrected chi connectivity index (χ4v) is 1.75. The van der Waals surface area contributed by atoms with Crippen LogP contribution in [0.5, 0.6) is 0 Å². The second kappa shape index (κ2) is 8.35. The number of guanidine groups is 1. The van der Waals surface area contributed by atoms with Gasteiger partial charge in [0.25, 0.3) is 0 Å². The first-order valence-corrected chi connectivity index (χ1v) is 6.65.